The molecule has 0 aliphatic carbocycles. The van der Waals surface area contributed by atoms with E-state index >= 15 is 0 Å². The molecule has 1 aromatic carbocycles. The number of ether oxygens (including phenoxy) is 1. The normalized spacial score (nSPS) is 15.2. The standard InChI is InChI=1S/C17H18N4O2/c22-16-11-15(20-6-8-23-9-7-20)19-17-14(12-18-21(16)17)10-13-4-2-1-3-5-13/h1-5,11-12,22H,6-10H2. The van der Waals surface area contributed by atoms with Gasteiger partial charge in [0.1, 0.15) is 5.82 Å². The van der Waals surface area contributed by atoms with Crippen molar-refractivity contribution in [1.82, 2.24) is 14.6 Å². The van der Waals surface area contributed by atoms with Crippen LogP contribution in [-0.4, -0.2) is 46.0 Å². The molecule has 118 valence electrons. The van der Waals surface area contributed by atoms with E-state index in [0.29, 0.717) is 18.9 Å². The largest absolute Gasteiger partial charge is 0.493 e. The lowest BCUT2D eigenvalue weighted by molar-refractivity contribution is 0.122. The van der Waals surface area contributed by atoms with Crippen LogP contribution < -0.4 is 4.90 Å². The molecule has 0 saturated carbocycles. The van der Waals surface area contributed by atoms with Crippen molar-refractivity contribution in [2.75, 3.05) is 31.2 Å². The van der Waals surface area contributed by atoms with Crippen LogP contribution in [0.3, 0.4) is 0 Å². The Morgan fingerprint density at radius 1 is 1.13 bits per heavy atom. The van der Waals surface area contributed by atoms with Gasteiger partial charge in [0.15, 0.2) is 5.65 Å². The highest BCUT2D eigenvalue weighted by molar-refractivity contribution is 5.57. The second-order valence-electron chi connectivity index (χ2n) is 5.64. The van der Waals surface area contributed by atoms with Crippen molar-refractivity contribution in [2.45, 2.75) is 6.42 Å². The number of nitrogens with zero attached hydrogens (tertiary/aromatic N) is 4. The number of aromatic hydroxyl groups is 1. The second-order valence-corrected chi connectivity index (χ2v) is 5.64. The van der Waals surface area contributed by atoms with Crippen LogP contribution in [0.1, 0.15) is 11.1 Å². The molecule has 6 nitrogen and oxygen atoms in total. The fourth-order valence-electron chi connectivity index (χ4n) is 2.88. The molecule has 0 bridgehead atoms. The van der Waals surface area contributed by atoms with E-state index in [1.807, 2.05) is 18.2 Å². The Kier molecular flexibility index (Phi) is 3.59. The quantitative estimate of drug-likeness (QED) is 0.800. The highest BCUT2D eigenvalue weighted by Crippen LogP contribution is 2.24. The lowest BCUT2D eigenvalue weighted by Crippen LogP contribution is -2.36. The van der Waals surface area contributed by atoms with E-state index in [0.717, 1.165) is 30.9 Å². The summed E-state index contributed by atoms with van der Waals surface area (Å²) in [6, 6.07) is 11.9. The van der Waals surface area contributed by atoms with E-state index in [1.54, 1.807) is 12.3 Å². The maximum atomic E-state index is 10.3. The maximum Gasteiger partial charge on any atom is 0.217 e. The number of anilines is 1. The van der Waals surface area contributed by atoms with Gasteiger partial charge in [-0.05, 0) is 5.56 Å². The van der Waals surface area contributed by atoms with Crippen LogP contribution in [-0.2, 0) is 11.2 Å². The number of aromatic nitrogens is 3. The molecule has 4 rings (SSSR count). The Balaban J connectivity index is 1.73. The van der Waals surface area contributed by atoms with Crippen LogP contribution in [0.2, 0.25) is 0 Å². The Labute approximate surface area is 134 Å². The summed E-state index contributed by atoms with van der Waals surface area (Å²) in [6.07, 6.45) is 2.52. The molecule has 23 heavy (non-hydrogen) atoms. The molecular formula is C17H18N4O2. The molecule has 3 heterocycles. The molecule has 1 fully saturated rings. The van der Waals surface area contributed by atoms with E-state index < -0.39 is 0 Å². The van der Waals surface area contributed by atoms with E-state index in [9.17, 15) is 5.11 Å². The molecule has 1 N–H and O–H groups in total. The number of rotatable bonds is 3. The average molecular weight is 310 g/mol. The van der Waals surface area contributed by atoms with Gasteiger partial charge < -0.3 is 14.7 Å². The molecule has 0 atom stereocenters. The summed E-state index contributed by atoms with van der Waals surface area (Å²) in [5.74, 6) is 0.879. The van der Waals surface area contributed by atoms with E-state index in [2.05, 4.69) is 22.1 Å². The van der Waals surface area contributed by atoms with Gasteiger partial charge in [-0.25, -0.2) is 4.98 Å². The Bertz CT molecular complexity index is 810. The molecule has 3 aromatic rings. The highest BCUT2D eigenvalue weighted by Gasteiger charge is 2.17. The first kappa shape index (κ1) is 14.0. The van der Waals surface area contributed by atoms with Crippen LogP contribution >= 0.6 is 0 Å². The fourth-order valence-corrected chi connectivity index (χ4v) is 2.88. The molecule has 0 amide bonds. The van der Waals surface area contributed by atoms with Gasteiger partial charge in [0.2, 0.25) is 5.88 Å². The summed E-state index contributed by atoms with van der Waals surface area (Å²) < 4.78 is 6.87. The van der Waals surface area contributed by atoms with Gasteiger partial charge in [0.05, 0.1) is 19.4 Å². The van der Waals surface area contributed by atoms with Gasteiger partial charge in [-0.3, -0.25) is 0 Å². The van der Waals surface area contributed by atoms with Crippen molar-refractivity contribution in [1.29, 1.82) is 0 Å². The molecule has 6 heteroatoms. The van der Waals surface area contributed by atoms with Gasteiger partial charge in [-0.1, -0.05) is 30.3 Å². The second kappa shape index (κ2) is 5.89. The first-order valence-corrected chi connectivity index (χ1v) is 7.74. The van der Waals surface area contributed by atoms with Crippen LogP contribution in [0.25, 0.3) is 5.65 Å². The Morgan fingerprint density at radius 3 is 2.70 bits per heavy atom. The number of benzene rings is 1. The third kappa shape index (κ3) is 2.73. The summed E-state index contributed by atoms with van der Waals surface area (Å²) in [5, 5.41) is 14.5. The van der Waals surface area contributed by atoms with Crippen molar-refractivity contribution in [3.63, 3.8) is 0 Å². The minimum atomic E-state index is 0.107. The zero-order valence-electron chi connectivity index (χ0n) is 12.7. The van der Waals surface area contributed by atoms with Gasteiger partial charge in [-0.15, -0.1) is 0 Å². The average Bonchev–Trinajstić information content (AvgIpc) is 3.00. The minimum Gasteiger partial charge on any atom is -0.493 e. The van der Waals surface area contributed by atoms with Crippen LogP contribution in [0, 0.1) is 0 Å². The van der Waals surface area contributed by atoms with Gasteiger partial charge >= 0.3 is 0 Å². The van der Waals surface area contributed by atoms with Gasteiger partial charge in [0, 0.05) is 31.1 Å². The maximum absolute atomic E-state index is 10.3. The third-order valence-corrected chi connectivity index (χ3v) is 4.09. The Morgan fingerprint density at radius 2 is 1.91 bits per heavy atom. The van der Waals surface area contributed by atoms with Crippen molar-refractivity contribution >= 4 is 11.5 Å². The van der Waals surface area contributed by atoms with Crippen molar-refractivity contribution < 1.29 is 9.84 Å². The molecule has 0 spiro atoms. The van der Waals surface area contributed by atoms with Crippen molar-refractivity contribution in [3.8, 4) is 5.88 Å². The van der Waals surface area contributed by atoms with Crippen LogP contribution in [0.15, 0.2) is 42.6 Å². The van der Waals surface area contributed by atoms with E-state index in [-0.39, 0.29) is 5.88 Å². The molecule has 1 aliphatic heterocycles. The third-order valence-electron chi connectivity index (χ3n) is 4.09. The summed E-state index contributed by atoms with van der Waals surface area (Å²) in [7, 11) is 0. The number of fused-ring (bicyclic) bond motifs is 1. The lowest BCUT2D eigenvalue weighted by atomic mass is 10.1. The van der Waals surface area contributed by atoms with Crippen LogP contribution in [0.4, 0.5) is 5.82 Å². The molecule has 0 unspecified atom stereocenters. The van der Waals surface area contributed by atoms with Gasteiger partial charge in [-0.2, -0.15) is 9.61 Å². The van der Waals surface area contributed by atoms with E-state index in [4.69, 9.17) is 9.72 Å². The smallest absolute Gasteiger partial charge is 0.217 e. The SMILES string of the molecule is Oc1cc(N2CCOCC2)nc2c(Cc3ccccc3)cnn12. The Hall–Kier alpha value is -2.60. The fraction of sp³-hybridized carbons (Fsp3) is 0.294. The zero-order chi connectivity index (χ0) is 15.6. The molecule has 0 radical (unpaired) electrons. The summed E-state index contributed by atoms with van der Waals surface area (Å²) in [6.45, 7) is 2.93. The number of morpholine rings is 1. The molecular weight excluding hydrogens is 292 g/mol. The molecule has 1 aliphatic rings. The number of hydrogen-bond donors (Lipinski definition) is 1. The predicted octanol–water partition coefficient (Wildman–Crippen LogP) is 1.86. The van der Waals surface area contributed by atoms with Crippen molar-refractivity contribution in [3.05, 3.63) is 53.7 Å². The predicted molar refractivity (Wildman–Crippen MR) is 86.9 cm³/mol. The molecule has 2 aromatic heterocycles. The summed E-state index contributed by atoms with van der Waals surface area (Å²) >= 11 is 0. The highest BCUT2D eigenvalue weighted by atomic mass is 16.5. The lowest BCUT2D eigenvalue weighted by Gasteiger charge is -2.27. The van der Waals surface area contributed by atoms with Gasteiger partial charge in [0.25, 0.3) is 0 Å². The first-order chi connectivity index (χ1) is 11.3. The topological polar surface area (TPSA) is 62.9 Å². The van der Waals surface area contributed by atoms with Crippen LogP contribution in [0.5, 0.6) is 5.88 Å². The van der Waals surface area contributed by atoms with Crippen molar-refractivity contribution in [2.24, 2.45) is 0 Å². The summed E-state index contributed by atoms with van der Waals surface area (Å²) in [5.41, 5.74) is 2.90. The number of hydrogen-bond acceptors (Lipinski definition) is 5. The first-order valence-electron chi connectivity index (χ1n) is 7.74. The monoisotopic (exact) mass is 310 g/mol. The zero-order valence-corrected chi connectivity index (χ0v) is 12.7. The summed E-state index contributed by atoms with van der Waals surface area (Å²) in [4.78, 5) is 6.85. The van der Waals surface area contributed by atoms with E-state index in [1.165, 1.54) is 10.1 Å². The molecule has 1 saturated heterocycles. The minimum absolute atomic E-state index is 0.107.